The van der Waals surface area contributed by atoms with Gasteiger partial charge < -0.3 is 10.3 Å². The van der Waals surface area contributed by atoms with Crippen LogP contribution in [0.4, 0.5) is 0 Å². The molecule has 0 unspecified atom stereocenters. The highest BCUT2D eigenvalue weighted by atomic mass is 79.9. The molecule has 1 amide bonds. The van der Waals surface area contributed by atoms with E-state index in [0.717, 1.165) is 27.4 Å². The number of aromatic nitrogens is 1. The van der Waals surface area contributed by atoms with E-state index >= 15 is 0 Å². The summed E-state index contributed by atoms with van der Waals surface area (Å²) in [5.74, 6) is 5.20. The van der Waals surface area contributed by atoms with Gasteiger partial charge in [0.1, 0.15) is 0 Å². The minimum atomic E-state index is -0.257. The van der Waals surface area contributed by atoms with Crippen LogP contribution in [-0.2, 0) is 11.2 Å². The van der Waals surface area contributed by atoms with Crippen LogP contribution in [0.1, 0.15) is 11.1 Å². The van der Waals surface area contributed by atoms with E-state index in [1.807, 2.05) is 54.7 Å². The van der Waals surface area contributed by atoms with Crippen molar-refractivity contribution < 1.29 is 4.79 Å². The largest absolute Gasteiger partial charge is 0.361 e. The summed E-state index contributed by atoms with van der Waals surface area (Å²) < 4.78 is 1.06. The van der Waals surface area contributed by atoms with E-state index in [0.29, 0.717) is 6.54 Å². The lowest BCUT2D eigenvalue weighted by Gasteiger charge is -2.02. The number of carbonyl (C=O) groups is 1. The Kier molecular flexibility index (Phi) is 4.80. The lowest BCUT2D eigenvalue weighted by Crippen LogP contribution is -2.23. The fourth-order valence-electron chi connectivity index (χ4n) is 2.41. The van der Waals surface area contributed by atoms with Crippen LogP contribution in [0, 0.1) is 11.8 Å². The van der Waals surface area contributed by atoms with Gasteiger partial charge in [0.15, 0.2) is 0 Å². The molecule has 0 aliphatic heterocycles. The van der Waals surface area contributed by atoms with Crippen molar-refractivity contribution in [2.75, 3.05) is 6.54 Å². The summed E-state index contributed by atoms with van der Waals surface area (Å²) in [5, 5.41) is 4.00. The number of benzene rings is 2. The summed E-state index contributed by atoms with van der Waals surface area (Å²) in [6.45, 7) is 0.552. The highest BCUT2D eigenvalue weighted by Crippen LogP contribution is 2.26. The van der Waals surface area contributed by atoms with Crippen LogP contribution in [-0.4, -0.2) is 17.4 Å². The van der Waals surface area contributed by atoms with Gasteiger partial charge in [-0.3, -0.25) is 4.79 Å². The zero-order chi connectivity index (χ0) is 16.1. The number of nitrogens with one attached hydrogen (secondary N) is 2. The smallest absolute Gasteiger partial charge is 0.296 e. The Morgan fingerprint density at radius 2 is 1.96 bits per heavy atom. The molecule has 0 aliphatic rings. The number of carbonyl (C=O) groups excluding carboxylic acids is 1. The van der Waals surface area contributed by atoms with E-state index in [4.69, 9.17) is 0 Å². The number of amides is 1. The summed E-state index contributed by atoms with van der Waals surface area (Å²) in [4.78, 5) is 15.0. The van der Waals surface area contributed by atoms with E-state index in [2.05, 4.69) is 38.1 Å². The summed E-state index contributed by atoms with van der Waals surface area (Å²) in [6.07, 6.45) is 2.73. The maximum atomic E-state index is 11.8. The minimum absolute atomic E-state index is 0.257. The molecule has 0 aliphatic carbocycles. The van der Waals surface area contributed by atoms with Crippen LogP contribution < -0.4 is 5.32 Å². The van der Waals surface area contributed by atoms with Gasteiger partial charge in [0.2, 0.25) is 0 Å². The number of hydrogen-bond acceptors (Lipinski definition) is 1. The third kappa shape index (κ3) is 3.82. The number of aromatic amines is 1. The molecule has 114 valence electrons. The van der Waals surface area contributed by atoms with Crippen LogP contribution in [0.5, 0.6) is 0 Å². The van der Waals surface area contributed by atoms with Gasteiger partial charge >= 0.3 is 0 Å². The van der Waals surface area contributed by atoms with Gasteiger partial charge in [0.25, 0.3) is 5.91 Å². The first-order chi connectivity index (χ1) is 11.2. The lowest BCUT2D eigenvalue weighted by molar-refractivity contribution is -0.115. The van der Waals surface area contributed by atoms with Crippen molar-refractivity contribution in [2.24, 2.45) is 0 Å². The fraction of sp³-hybridized carbons (Fsp3) is 0.105. The minimum Gasteiger partial charge on any atom is -0.361 e. The average molecular weight is 367 g/mol. The van der Waals surface area contributed by atoms with Crippen LogP contribution >= 0.6 is 15.9 Å². The quantitative estimate of drug-likeness (QED) is 0.682. The summed E-state index contributed by atoms with van der Waals surface area (Å²) >= 11 is 3.57. The molecule has 4 heteroatoms. The van der Waals surface area contributed by atoms with Crippen molar-refractivity contribution in [3.8, 4) is 11.8 Å². The van der Waals surface area contributed by atoms with Gasteiger partial charge in [-0.25, -0.2) is 0 Å². The van der Waals surface area contributed by atoms with Crippen LogP contribution in [0.15, 0.2) is 59.2 Å². The van der Waals surface area contributed by atoms with Crippen molar-refractivity contribution in [1.82, 2.24) is 10.3 Å². The molecule has 3 aromatic rings. The van der Waals surface area contributed by atoms with Crippen LogP contribution in [0.2, 0.25) is 0 Å². The Balaban J connectivity index is 1.59. The lowest BCUT2D eigenvalue weighted by atomic mass is 10.1. The molecule has 0 radical (unpaired) electrons. The third-order valence-electron chi connectivity index (χ3n) is 3.51. The van der Waals surface area contributed by atoms with Crippen LogP contribution in [0.3, 0.4) is 0 Å². The first-order valence-electron chi connectivity index (χ1n) is 7.33. The van der Waals surface area contributed by atoms with Gasteiger partial charge in [0, 0.05) is 39.6 Å². The van der Waals surface area contributed by atoms with Crippen molar-refractivity contribution in [2.45, 2.75) is 6.42 Å². The van der Waals surface area contributed by atoms with Gasteiger partial charge in [0.05, 0.1) is 0 Å². The van der Waals surface area contributed by atoms with E-state index in [-0.39, 0.29) is 5.91 Å². The number of hydrogen-bond donors (Lipinski definition) is 2. The second-order valence-electron chi connectivity index (χ2n) is 5.10. The highest BCUT2D eigenvalue weighted by Gasteiger charge is 2.07. The normalized spacial score (nSPS) is 10.1. The Hall–Kier alpha value is -2.51. The van der Waals surface area contributed by atoms with Gasteiger partial charge in [-0.1, -0.05) is 46.1 Å². The topological polar surface area (TPSA) is 44.9 Å². The van der Waals surface area contributed by atoms with Gasteiger partial charge in [-0.05, 0) is 36.2 Å². The summed E-state index contributed by atoms with van der Waals surface area (Å²) in [7, 11) is 0. The third-order valence-corrected chi connectivity index (χ3v) is 4.17. The van der Waals surface area contributed by atoms with Crippen molar-refractivity contribution >= 4 is 32.7 Å². The molecule has 0 bridgehead atoms. The second-order valence-corrected chi connectivity index (χ2v) is 5.95. The zero-order valence-corrected chi connectivity index (χ0v) is 14.0. The molecule has 0 saturated heterocycles. The molecule has 0 spiro atoms. The van der Waals surface area contributed by atoms with E-state index in [1.54, 1.807) is 0 Å². The Morgan fingerprint density at radius 1 is 1.13 bits per heavy atom. The first kappa shape index (κ1) is 15.4. The van der Waals surface area contributed by atoms with Crippen LogP contribution in [0.25, 0.3) is 10.9 Å². The number of H-pyrrole nitrogens is 1. The van der Waals surface area contributed by atoms with Gasteiger partial charge in [-0.15, -0.1) is 0 Å². The summed E-state index contributed by atoms with van der Waals surface area (Å²) in [5.41, 5.74) is 3.09. The van der Waals surface area contributed by atoms with Crippen molar-refractivity contribution in [3.05, 3.63) is 70.3 Å². The first-order valence-corrected chi connectivity index (χ1v) is 8.13. The van der Waals surface area contributed by atoms with Crippen molar-refractivity contribution in [1.29, 1.82) is 0 Å². The molecule has 0 saturated carbocycles. The Bertz CT molecular complexity index is 888. The molecule has 1 aromatic heterocycles. The molecule has 3 rings (SSSR count). The van der Waals surface area contributed by atoms with Crippen molar-refractivity contribution in [3.63, 3.8) is 0 Å². The molecule has 0 atom stereocenters. The predicted octanol–water partition coefficient (Wildman–Crippen LogP) is 3.64. The zero-order valence-electron chi connectivity index (χ0n) is 12.4. The number of rotatable bonds is 3. The predicted molar refractivity (Wildman–Crippen MR) is 96.0 cm³/mol. The highest BCUT2D eigenvalue weighted by molar-refractivity contribution is 9.10. The number of fused-ring (bicyclic) bond motifs is 1. The maximum absolute atomic E-state index is 11.8. The molecular weight excluding hydrogens is 352 g/mol. The molecule has 2 aromatic carbocycles. The van der Waals surface area contributed by atoms with E-state index < -0.39 is 0 Å². The number of halogens is 1. The Labute approximate surface area is 143 Å². The fourth-order valence-corrected chi connectivity index (χ4v) is 3.03. The molecule has 3 nitrogen and oxygen atoms in total. The van der Waals surface area contributed by atoms with Gasteiger partial charge in [-0.2, -0.15) is 0 Å². The molecule has 1 heterocycles. The molecular formula is C19H15BrN2O. The second kappa shape index (κ2) is 7.17. The maximum Gasteiger partial charge on any atom is 0.296 e. The SMILES string of the molecule is O=C(C#Cc1ccccc1)NCCc1c[nH]c2cccc(Br)c12. The molecule has 0 fully saturated rings. The molecule has 2 N–H and O–H groups in total. The monoisotopic (exact) mass is 366 g/mol. The van der Waals surface area contributed by atoms with E-state index in [9.17, 15) is 4.79 Å². The standard InChI is InChI=1S/C19H15BrN2O/c20-16-7-4-8-17-19(16)15(13-22-17)11-12-21-18(23)10-9-14-5-2-1-3-6-14/h1-8,13,22H,11-12H2,(H,21,23). The Morgan fingerprint density at radius 3 is 2.78 bits per heavy atom. The summed E-state index contributed by atoms with van der Waals surface area (Å²) in [6, 6.07) is 15.5. The molecule has 23 heavy (non-hydrogen) atoms. The average Bonchev–Trinajstić information content (AvgIpc) is 2.99. The van der Waals surface area contributed by atoms with E-state index in [1.165, 1.54) is 5.56 Å².